The average molecular weight is 340 g/mol. The van der Waals surface area contributed by atoms with Gasteiger partial charge < -0.3 is 13.7 Å². The van der Waals surface area contributed by atoms with Crippen LogP contribution in [0.3, 0.4) is 0 Å². The molecule has 2 rings (SSSR count). The fraction of sp³-hybridized carbons (Fsp3) is 0.250. The van der Waals surface area contributed by atoms with Crippen molar-refractivity contribution in [3.05, 3.63) is 47.3 Å². The molecule has 0 fully saturated rings. The third-order valence-electron chi connectivity index (χ3n) is 3.25. The van der Waals surface area contributed by atoms with E-state index in [0.29, 0.717) is 5.56 Å². The van der Waals surface area contributed by atoms with Crippen LogP contribution in [0, 0.1) is 19.7 Å². The molecule has 0 atom stereocenters. The van der Waals surface area contributed by atoms with Crippen molar-refractivity contribution in [1.82, 2.24) is 0 Å². The number of hydrogen-bond acceptors (Lipinski definition) is 5. The molecule has 23 heavy (non-hydrogen) atoms. The van der Waals surface area contributed by atoms with E-state index in [1.807, 2.05) is 6.07 Å². The largest absolute Gasteiger partial charge is 0.493 e. The van der Waals surface area contributed by atoms with Crippen LogP contribution < -0.4 is 13.7 Å². The van der Waals surface area contributed by atoms with Gasteiger partial charge in [0.1, 0.15) is 16.5 Å². The zero-order valence-corrected chi connectivity index (χ0v) is 14.0. The van der Waals surface area contributed by atoms with E-state index in [4.69, 9.17) is 13.7 Å². The number of benzene rings is 2. The SMILES string of the molecule is COc1cc(F)c(S(=O)(=O)Oc2cc(C)ccc2C)cc1OC. The second-order valence-corrected chi connectivity index (χ2v) is 6.46. The molecule has 0 aromatic heterocycles. The Bertz CT molecular complexity index is 831. The molecule has 124 valence electrons. The lowest BCUT2D eigenvalue weighted by molar-refractivity contribution is 0.349. The van der Waals surface area contributed by atoms with Crippen LogP contribution in [0.2, 0.25) is 0 Å². The molecule has 2 aromatic carbocycles. The summed E-state index contributed by atoms with van der Waals surface area (Å²) >= 11 is 0. The maximum atomic E-state index is 14.1. The van der Waals surface area contributed by atoms with Gasteiger partial charge in [0.2, 0.25) is 0 Å². The van der Waals surface area contributed by atoms with Crippen molar-refractivity contribution >= 4 is 10.1 Å². The Morgan fingerprint density at radius 3 is 2.13 bits per heavy atom. The zero-order chi connectivity index (χ0) is 17.2. The van der Waals surface area contributed by atoms with E-state index in [2.05, 4.69) is 0 Å². The number of ether oxygens (including phenoxy) is 2. The molecule has 0 aliphatic carbocycles. The number of halogens is 1. The first-order valence-electron chi connectivity index (χ1n) is 6.71. The Hall–Kier alpha value is -2.28. The maximum absolute atomic E-state index is 14.1. The van der Waals surface area contributed by atoms with E-state index in [1.165, 1.54) is 14.2 Å². The Morgan fingerprint density at radius 2 is 1.52 bits per heavy atom. The number of aryl methyl sites for hydroxylation is 2. The summed E-state index contributed by atoms with van der Waals surface area (Å²) in [6.45, 7) is 3.51. The predicted octanol–water partition coefficient (Wildman–Crippen LogP) is 3.23. The van der Waals surface area contributed by atoms with Crippen molar-refractivity contribution < 1.29 is 26.5 Å². The lowest BCUT2D eigenvalue weighted by Crippen LogP contribution is -2.13. The van der Waals surface area contributed by atoms with Crippen molar-refractivity contribution in [3.63, 3.8) is 0 Å². The molecule has 0 bridgehead atoms. The Balaban J connectivity index is 2.49. The molecule has 0 spiro atoms. The first-order chi connectivity index (χ1) is 10.8. The number of hydrogen-bond donors (Lipinski definition) is 0. The van der Waals surface area contributed by atoms with E-state index in [-0.39, 0.29) is 17.2 Å². The first-order valence-corrected chi connectivity index (χ1v) is 8.12. The van der Waals surface area contributed by atoms with Gasteiger partial charge in [-0.2, -0.15) is 8.42 Å². The topological polar surface area (TPSA) is 61.8 Å². The van der Waals surface area contributed by atoms with E-state index < -0.39 is 20.8 Å². The van der Waals surface area contributed by atoms with Crippen LogP contribution in [0.4, 0.5) is 4.39 Å². The molecule has 0 aliphatic rings. The average Bonchev–Trinajstić information content (AvgIpc) is 2.50. The summed E-state index contributed by atoms with van der Waals surface area (Å²) in [6, 6.07) is 7.11. The molecule has 2 aromatic rings. The lowest BCUT2D eigenvalue weighted by Gasteiger charge is -2.13. The standard InChI is InChI=1S/C16H17FO5S/c1-10-5-6-11(2)13(7-10)22-23(18,19)16-9-15(21-4)14(20-3)8-12(16)17/h5-9H,1-4H3. The van der Waals surface area contributed by atoms with Crippen molar-refractivity contribution in [2.24, 2.45) is 0 Å². The van der Waals surface area contributed by atoms with Gasteiger partial charge in [0, 0.05) is 12.1 Å². The highest BCUT2D eigenvalue weighted by Gasteiger charge is 2.25. The fourth-order valence-electron chi connectivity index (χ4n) is 1.99. The molecule has 0 unspecified atom stereocenters. The summed E-state index contributed by atoms with van der Waals surface area (Å²) < 4.78 is 54.0. The van der Waals surface area contributed by atoms with Gasteiger partial charge in [0.05, 0.1) is 14.2 Å². The van der Waals surface area contributed by atoms with Crippen molar-refractivity contribution in [2.45, 2.75) is 18.7 Å². The van der Waals surface area contributed by atoms with Crippen LogP contribution >= 0.6 is 0 Å². The minimum absolute atomic E-state index is 0.0932. The number of methoxy groups -OCH3 is 2. The summed E-state index contributed by atoms with van der Waals surface area (Å²) in [4.78, 5) is -0.615. The molecule has 0 radical (unpaired) electrons. The molecule has 5 nitrogen and oxygen atoms in total. The third kappa shape index (κ3) is 3.56. The summed E-state index contributed by atoms with van der Waals surface area (Å²) in [6.07, 6.45) is 0. The fourth-order valence-corrected chi connectivity index (χ4v) is 3.04. The molecule has 0 aliphatic heterocycles. The number of rotatable bonds is 5. The zero-order valence-electron chi connectivity index (χ0n) is 13.2. The van der Waals surface area contributed by atoms with E-state index in [1.54, 1.807) is 26.0 Å². The Morgan fingerprint density at radius 1 is 0.913 bits per heavy atom. The highest BCUT2D eigenvalue weighted by atomic mass is 32.2. The van der Waals surface area contributed by atoms with Gasteiger partial charge in [0.25, 0.3) is 0 Å². The smallest absolute Gasteiger partial charge is 0.342 e. The van der Waals surface area contributed by atoms with Crippen LogP contribution in [0.1, 0.15) is 11.1 Å². The van der Waals surface area contributed by atoms with Gasteiger partial charge in [-0.05, 0) is 31.0 Å². The van der Waals surface area contributed by atoms with Crippen LogP contribution in [0.15, 0.2) is 35.2 Å². The Kier molecular flexibility index (Phi) is 4.79. The minimum atomic E-state index is -4.35. The monoisotopic (exact) mass is 340 g/mol. The lowest BCUT2D eigenvalue weighted by atomic mass is 10.1. The molecular weight excluding hydrogens is 323 g/mol. The highest BCUT2D eigenvalue weighted by molar-refractivity contribution is 7.87. The van der Waals surface area contributed by atoms with Crippen LogP contribution in [-0.4, -0.2) is 22.6 Å². The van der Waals surface area contributed by atoms with E-state index >= 15 is 0 Å². The second kappa shape index (κ2) is 6.45. The summed E-state index contributed by atoms with van der Waals surface area (Å²) in [5, 5.41) is 0. The third-order valence-corrected chi connectivity index (χ3v) is 4.50. The van der Waals surface area contributed by atoms with Crippen molar-refractivity contribution in [3.8, 4) is 17.2 Å². The van der Waals surface area contributed by atoms with Crippen LogP contribution in [0.5, 0.6) is 17.2 Å². The maximum Gasteiger partial charge on any atom is 0.342 e. The van der Waals surface area contributed by atoms with Crippen molar-refractivity contribution in [2.75, 3.05) is 14.2 Å². The van der Waals surface area contributed by atoms with Crippen molar-refractivity contribution in [1.29, 1.82) is 0 Å². The van der Waals surface area contributed by atoms with E-state index in [9.17, 15) is 12.8 Å². The first kappa shape index (κ1) is 17.1. The van der Waals surface area contributed by atoms with Gasteiger partial charge in [-0.15, -0.1) is 0 Å². The Labute approximate surface area is 134 Å². The molecule has 0 heterocycles. The predicted molar refractivity (Wildman–Crippen MR) is 83.2 cm³/mol. The van der Waals surface area contributed by atoms with Gasteiger partial charge in [-0.25, -0.2) is 4.39 Å². The molecule has 0 N–H and O–H groups in total. The molecule has 0 saturated carbocycles. The highest BCUT2D eigenvalue weighted by Crippen LogP contribution is 2.33. The molecule has 0 saturated heterocycles. The minimum Gasteiger partial charge on any atom is -0.493 e. The summed E-state index contributed by atoms with van der Waals surface area (Å²) in [7, 11) is -1.69. The summed E-state index contributed by atoms with van der Waals surface area (Å²) in [5.74, 6) is -0.639. The summed E-state index contributed by atoms with van der Waals surface area (Å²) in [5.41, 5.74) is 1.45. The molecule has 7 heteroatoms. The van der Waals surface area contributed by atoms with Crippen LogP contribution in [0.25, 0.3) is 0 Å². The quantitative estimate of drug-likeness (QED) is 0.782. The normalized spacial score (nSPS) is 11.2. The van der Waals surface area contributed by atoms with Gasteiger partial charge in [-0.1, -0.05) is 12.1 Å². The van der Waals surface area contributed by atoms with E-state index in [0.717, 1.165) is 17.7 Å². The van der Waals surface area contributed by atoms with Gasteiger partial charge in [-0.3, -0.25) is 0 Å². The van der Waals surface area contributed by atoms with Gasteiger partial charge in [0.15, 0.2) is 11.5 Å². The molecule has 0 amide bonds. The van der Waals surface area contributed by atoms with Gasteiger partial charge >= 0.3 is 10.1 Å². The molecular formula is C16H17FO5S. The second-order valence-electron chi connectivity index (χ2n) is 4.94. The van der Waals surface area contributed by atoms with Crippen LogP contribution in [-0.2, 0) is 10.1 Å².